The molecule has 0 bridgehead atoms. The summed E-state index contributed by atoms with van der Waals surface area (Å²) in [5.74, 6) is -4.15. The molecule has 2 aromatic rings. The summed E-state index contributed by atoms with van der Waals surface area (Å²) < 4.78 is 1.86. The van der Waals surface area contributed by atoms with E-state index in [1.807, 2.05) is 36.1 Å². The molecule has 0 unspecified atom stereocenters. The number of hydrogen-bond donors (Lipinski definition) is 4. The van der Waals surface area contributed by atoms with Crippen molar-refractivity contribution in [1.82, 2.24) is 20.5 Å². The Morgan fingerprint density at radius 3 is 2.83 bits per heavy atom. The van der Waals surface area contributed by atoms with Crippen LogP contribution in [-0.2, 0) is 37.0 Å². The number of carbonyl (C=O) groups is 4. The molecular weight excluding hydrogens is 610 g/mol. The monoisotopic (exact) mass is 637 g/mol. The maximum atomic E-state index is 13.2. The summed E-state index contributed by atoms with van der Waals surface area (Å²) in [5, 5.41) is 29.8. The number of β-lactam (4-membered cyclic amide) rings is 1. The highest BCUT2D eigenvalue weighted by molar-refractivity contribution is 8.00. The van der Waals surface area contributed by atoms with Crippen LogP contribution in [0.15, 0.2) is 41.0 Å². The van der Waals surface area contributed by atoms with Gasteiger partial charge in [-0.25, -0.2) is 14.3 Å². The lowest BCUT2D eigenvalue weighted by Crippen LogP contribution is -2.71. The quantitative estimate of drug-likeness (QED) is 0.0698. The van der Waals surface area contributed by atoms with E-state index in [9.17, 15) is 24.3 Å². The van der Waals surface area contributed by atoms with Crippen molar-refractivity contribution in [1.29, 1.82) is 0 Å². The summed E-state index contributed by atoms with van der Waals surface area (Å²) in [5.41, 5.74) is 6.39. The summed E-state index contributed by atoms with van der Waals surface area (Å²) in [7, 11) is 1.89. The summed E-state index contributed by atoms with van der Waals surface area (Å²) in [4.78, 5) is 59.8. The van der Waals surface area contributed by atoms with Crippen molar-refractivity contribution < 1.29 is 38.8 Å². The van der Waals surface area contributed by atoms with Gasteiger partial charge in [0, 0.05) is 23.0 Å². The topological polar surface area (TPSA) is 203 Å². The lowest BCUT2D eigenvalue weighted by Gasteiger charge is -2.50. The molecule has 4 rings (SSSR count). The van der Waals surface area contributed by atoms with Gasteiger partial charge < -0.3 is 36.2 Å². The Labute approximate surface area is 253 Å². The zero-order valence-electron chi connectivity index (χ0n) is 22.5. The lowest BCUT2D eigenvalue weighted by atomic mass is 10.0. The number of pyridine rings is 1. The summed E-state index contributed by atoms with van der Waals surface area (Å²) >= 11 is 8.29. The molecule has 0 saturated carbocycles. The summed E-state index contributed by atoms with van der Waals surface area (Å²) in [6, 6.07) is 2.77. The number of carboxylic acid groups (broad SMARTS) is 2. The number of nitrogens with two attached hydrogens (primary N) is 1. The van der Waals surface area contributed by atoms with Crippen LogP contribution in [0.3, 0.4) is 0 Å². The molecule has 0 aliphatic carbocycles. The number of carbonyl (C=O) groups excluding carboxylic acids is 3. The number of aromatic nitrogens is 2. The molecule has 4 heterocycles. The Balaban J connectivity index is 1.52. The minimum Gasteiger partial charge on any atom is -0.543 e. The highest BCUT2D eigenvalue weighted by atomic mass is 35.5. The number of aryl methyl sites for hydroxylation is 1. The molecule has 224 valence electrons. The lowest BCUT2D eigenvalue weighted by molar-refractivity contribution is -0.689. The third-order valence-corrected chi connectivity index (χ3v) is 8.83. The van der Waals surface area contributed by atoms with Crippen LogP contribution in [0.4, 0.5) is 5.13 Å². The van der Waals surface area contributed by atoms with Crippen LogP contribution in [0.2, 0.25) is 4.34 Å². The van der Waals surface area contributed by atoms with Crippen LogP contribution in [-0.4, -0.2) is 81.3 Å². The smallest absolute Gasteiger partial charge is 0.347 e. The van der Waals surface area contributed by atoms with E-state index in [0.29, 0.717) is 5.57 Å². The van der Waals surface area contributed by atoms with E-state index in [1.54, 1.807) is 0 Å². The van der Waals surface area contributed by atoms with E-state index >= 15 is 0 Å². The number of carboxylic acids is 2. The number of amides is 2. The molecule has 2 aliphatic rings. The van der Waals surface area contributed by atoms with Crippen LogP contribution < -0.4 is 26.0 Å². The maximum absolute atomic E-state index is 13.2. The van der Waals surface area contributed by atoms with Gasteiger partial charge in [0.1, 0.15) is 21.4 Å². The molecule has 2 aromatic heterocycles. The molecule has 3 atom stereocenters. The Bertz CT molecular complexity index is 1460. The molecule has 0 spiro atoms. The summed E-state index contributed by atoms with van der Waals surface area (Å²) in [6.45, 7) is 2.31. The highest BCUT2D eigenvalue weighted by Crippen LogP contribution is 2.40. The molecule has 0 radical (unpaired) electrons. The van der Waals surface area contributed by atoms with Crippen LogP contribution in [0.25, 0.3) is 0 Å². The minimum absolute atomic E-state index is 0.00278. The second-order valence-corrected chi connectivity index (χ2v) is 12.1. The Morgan fingerprint density at radius 1 is 1.43 bits per heavy atom. The third kappa shape index (κ3) is 6.83. The fourth-order valence-electron chi connectivity index (χ4n) is 4.35. The number of fused-ring (bicyclic) bond motifs is 1. The molecule has 14 nitrogen and oxygen atoms in total. The maximum Gasteiger partial charge on any atom is 0.347 e. The van der Waals surface area contributed by atoms with Crippen LogP contribution in [0, 0.1) is 0 Å². The standard InChI is InChI=1S/C25H28ClN7O7S2/c1-12(23(36)37)40-31-16(15-19(26)42-25(27)30-15)20(34)29-17-21(35)33-18(24(38)39)14(11-41-22(17)33)10-32-8-4-6-13(9-32)5-3-7-28-2/h4,6,8-9,12,17,22,28H,3,5,7,10-11H2,1-2H3,(H4-,27,29,30,34,36,37,38,39)/b31-16-/t12-,17+,22+/m0/s1. The number of nitrogen functional groups attached to an aromatic ring is 1. The van der Waals surface area contributed by atoms with Gasteiger partial charge in [0.25, 0.3) is 11.8 Å². The molecule has 2 amide bonds. The first-order chi connectivity index (χ1) is 20.0. The van der Waals surface area contributed by atoms with Crippen molar-refractivity contribution in [2.75, 3.05) is 25.1 Å². The van der Waals surface area contributed by atoms with Crippen LogP contribution in [0.5, 0.6) is 0 Å². The first-order valence-electron chi connectivity index (χ1n) is 12.7. The van der Waals surface area contributed by atoms with Gasteiger partial charge >= 0.3 is 5.97 Å². The number of rotatable bonds is 13. The van der Waals surface area contributed by atoms with Crippen molar-refractivity contribution in [3.63, 3.8) is 0 Å². The Morgan fingerprint density at radius 2 is 2.19 bits per heavy atom. The van der Waals surface area contributed by atoms with Crippen molar-refractivity contribution in [2.24, 2.45) is 5.16 Å². The second kappa shape index (κ2) is 13.5. The number of nitrogens with one attached hydrogen (secondary N) is 2. The normalized spacial score (nSPS) is 19.2. The molecule has 5 N–H and O–H groups in total. The van der Waals surface area contributed by atoms with Gasteiger partial charge in [0.05, 0.1) is 11.7 Å². The van der Waals surface area contributed by atoms with E-state index < -0.39 is 47.0 Å². The summed E-state index contributed by atoms with van der Waals surface area (Å²) in [6.07, 6.45) is 4.15. The Kier molecular flexibility index (Phi) is 10.0. The SMILES string of the molecule is CNCCCc1ccc[n+](CC2=C(C(=O)[O-])N3C(=O)[C@@H](NC(=O)/C(=N\O[C@@H](C)C(=O)O)c4nc(N)sc4Cl)[C@H]3SC2)c1. The number of hydrogen-bond acceptors (Lipinski definition) is 12. The number of thiazole rings is 1. The van der Waals surface area contributed by atoms with E-state index in [4.69, 9.17) is 27.3 Å². The van der Waals surface area contributed by atoms with Gasteiger partial charge in [-0.05, 0) is 39.4 Å². The molecule has 2 aliphatic heterocycles. The van der Waals surface area contributed by atoms with Crippen molar-refractivity contribution in [2.45, 2.75) is 43.8 Å². The van der Waals surface area contributed by atoms with Crippen molar-refractivity contribution in [3.8, 4) is 0 Å². The fourth-order valence-corrected chi connectivity index (χ4v) is 6.61. The number of halogens is 1. The van der Waals surface area contributed by atoms with E-state index in [0.717, 1.165) is 41.2 Å². The van der Waals surface area contributed by atoms with E-state index in [2.05, 4.69) is 20.8 Å². The van der Waals surface area contributed by atoms with Gasteiger partial charge in [-0.15, -0.1) is 11.8 Å². The molecule has 0 aromatic carbocycles. The predicted octanol–water partition coefficient (Wildman–Crippen LogP) is -0.884. The second-order valence-electron chi connectivity index (χ2n) is 9.39. The first-order valence-corrected chi connectivity index (χ1v) is 15.0. The molecule has 1 fully saturated rings. The molecule has 1 saturated heterocycles. The number of oxime groups is 1. The van der Waals surface area contributed by atoms with Gasteiger partial charge in [0.2, 0.25) is 6.10 Å². The van der Waals surface area contributed by atoms with E-state index in [1.165, 1.54) is 18.7 Å². The number of thioether (sulfide) groups is 1. The number of nitrogens with zero attached hydrogens (tertiary/aromatic N) is 4. The van der Waals surface area contributed by atoms with Crippen molar-refractivity contribution in [3.05, 3.63) is 51.4 Å². The molecular formula is C25H28ClN7O7S2. The third-order valence-electron chi connectivity index (χ3n) is 6.40. The zero-order chi connectivity index (χ0) is 30.6. The highest BCUT2D eigenvalue weighted by Gasteiger charge is 2.53. The minimum atomic E-state index is -1.50. The number of aliphatic carboxylic acids is 2. The van der Waals surface area contributed by atoms with E-state index in [-0.39, 0.29) is 33.2 Å². The van der Waals surface area contributed by atoms with Crippen molar-refractivity contribution >= 4 is 69.3 Å². The zero-order valence-corrected chi connectivity index (χ0v) is 24.9. The van der Waals surface area contributed by atoms with Gasteiger partial charge in [-0.1, -0.05) is 28.1 Å². The predicted molar refractivity (Wildman–Crippen MR) is 152 cm³/mol. The average molecular weight is 638 g/mol. The average Bonchev–Trinajstić information content (AvgIpc) is 3.28. The molecule has 42 heavy (non-hydrogen) atoms. The van der Waals surface area contributed by atoms with Gasteiger partial charge in [-0.2, -0.15) is 0 Å². The Hall–Kier alpha value is -3.73. The fraction of sp³-hybridized carbons (Fsp3) is 0.400. The molecule has 17 heteroatoms. The van der Waals surface area contributed by atoms with Crippen LogP contribution in [0.1, 0.15) is 24.6 Å². The largest absolute Gasteiger partial charge is 0.543 e. The number of anilines is 1. The van der Waals surface area contributed by atoms with Gasteiger partial charge in [0.15, 0.2) is 29.8 Å². The van der Waals surface area contributed by atoms with Crippen LogP contribution >= 0.6 is 34.7 Å². The first kappa shape index (κ1) is 31.2. The van der Waals surface area contributed by atoms with Gasteiger partial charge in [-0.3, -0.25) is 14.5 Å².